The van der Waals surface area contributed by atoms with E-state index in [1.54, 1.807) is 10.4 Å². The second-order valence-corrected chi connectivity index (χ2v) is 9.12. The minimum atomic E-state index is -3.46. The summed E-state index contributed by atoms with van der Waals surface area (Å²) in [5, 5.41) is 0. The van der Waals surface area contributed by atoms with Gasteiger partial charge in [0.1, 0.15) is 4.90 Å². The molecule has 116 valence electrons. The highest BCUT2D eigenvalue weighted by molar-refractivity contribution is 9.11. The fourth-order valence-corrected chi connectivity index (χ4v) is 5.76. The van der Waals surface area contributed by atoms with E-state index in [1.165, 1.54) is 11.3 Å². The first-order chi connectivity index (χ1) is 9.32. The van der Waals surface area contributed by atoms with Crippen LogP contribution in [-0.4, -0.2) is 51.4 Å². The predicted molar refractivity (Wildman–Crippen MR) is 87.5 cm³/mol. The van der Waals surface area contributed by atoms with Crippen LogP contribution in [0.2, 0.25) is 0 Å². The fourth-order valence-electron chi connectivity index (χ4n) is 1.73. The van der Waals surface area contributed by atoms with Crippen LogP contribution in [0.25, 0.3) is 0 Å². The molecule has 2 N–H and O–H groups in total. The first-order valence-corrected chi connectivity index (χ1v) is 9.51. The number of rotatable bonds is 8. The van der Waals surface area contributed by atoms with E-state index in [1.807, 2.05) is 25.9 Å². The van der Waals surface area contributed by atoms with Gasteiger partial charge in [0.2, 0.25) is 10.0 Å². The summed E-state index contributed by atoms with van der Waals surface area (Å²) >= 11 is 4.72. The Morgan fingerprint density at radius 2 is 1.95 bits per heavy atom. The average Bonchev–Trinajstić information content (AvgIpc) is 2.76. The zero-order valence-corrected chi connectivity index (χ0v) is 15.3. The molecule has 0 aliphatic heterocycles. The molecular weight excluding hydrogens is 362 g/mol. The molecule has 1 rings (SSSR count). The van der Waals surface area contributed by atoms with E-state index in [0.29, 0.717) is 34.9 Å². The quantitative estimate of drug-likeness (QED) is 0.744. The van der Waals surface area contributed by atoms with Gasteiger partial charge in [-0.05, 0) is 42.5 Å². The van der Waals surface area contributed by atoms with Crippen molar-refractivity contribution in [3.05, 3.63) is 14.7 Å². The lowest BCUT2D eigenvalue weighted by molar-refractivity contribution is 0.333. The SMILES string of the molecule is CCCN(CCN(C)C)S(=O)(=O)c1cc(CN)sc1Br. The molecule has 1 aromatic heterocycles. The van der Waals surface area contributed by atoms with Crippen LogP contribution >= 0.6 is 27.3 Å². The molecule has 0 saturated carbocycles. The molecule has 1 heterocycles. The highest BCUT2D eigenvalue weighted by atomic mass is 79.9. The molecule has 0 saturated heterocycles. The van der Waals surface area contributed by atoms with Gasteiger partial charge in [-0.15, -0.1) is 11.3 Å². The molecule has 0 aliphatic carbocycles. The monoisotopic (exact) mass is 383 g/mol. The average molecular weight is 384 g/mol. The molecule has 20 heavy (non-hydrogen) atoms. The van der Waals surface area contributed by atoms with Crippen LogP contribution in [0.15, 0.2) is 14.7 Å². The van der Waals surface area contributed by atoms with Crippen LogP contribution in [0.3, 0.4) is 0 Å². The molecule has 0 atom stereocenters. The topological polar surface area (TPSA) is 66.6 Å². The molecule has 0 radical (unpaired) electrons. The van der Waals surface area contributed by atoms with Crippen LogP contribution < -0.4 is 5.73 Å². The summed E-state index contributed by atoms with van der Waals surface area (Å²) in [6.45, 7) is 4.04. The maximum atomic E-state index is 12.7. The van der Waals surface area contributed by atoms with E-state index in [-0.39, 0.29) is 0 Å². The third-order valence-electron chi connectivity index (χ3n) is 2.80. The molecule has 8 heteroatoms. The lowest BCUT2D eigenvalue weighted by atomic mass is 10.4. The van der Waals surface area contributed by atoms with Gasteiger partial charge in [0, 0.05) is 31.1 Å². The number of nitrogens with zero attached hydrogens (tertiary/aromatic N) is 2. The third kappa shape index (κ3) is 4.51. The highest BCUT2D eigenvalue weighted by Crippen LogP contribution is 2.33. The maximum absolute atomic E-state index is 12.7. The van der Waals surface area contributed by atoms with Gasteiger partial charge in [0.15, 0.2) is 0 Å². The van der Waals surface area contributed by atoms with Crippen molar-refractivity contribution in [2.75, 3.05) is 33.7 Å². The van der Waals surface area contributed by atoms with Crippen LogP contribution in [0.5, 0.6) is 0 Å². The van der Waals surface area contributed by atoms with Crippen LogP contribution in [-0.2, 0) is 16.6 Å². The van der Waals surface area contributed by atoms with E-state index >= 15 is 0 Å². The Balaban J connectivity index is 3.05. The number of thiophene rings is 1. The van der Waals surface area contributed by atoms with Crippen LogP contribution in [0.1, 0.15) is 18.2 Å². The lowest BCUT2D eigenvalue weighted by Gasteiger charge is -2.23. The smallest absolute Gasteiger partial charge is 0.245 e. The Bertz CT molecular complexity index is 529. The molecule has 0 aliphatic rings. The number of hydrogen-bond acceptors (Lipinski definition) is 5. The summed E-state index contributed by atoms with van der Waals surface area (Å²) in [6, 6.07) is 1.67. The third-order valence-corrected chi connectivity index (χ3v) is 6.97. The zero-order chi connectivity index (χ0) is 15.3. The maximum Gasteiger partial charge on any atom is 0.245 e. The lowest BCUT2D eigenvalue weighted by Crippen LogP contribution is -2.37. The summed E-state index contributed by atoms with van der Waals surface area (Å²) in [5.41, 5.74) is 5.58. The van der Waals surface area contributed by atoms with Crippen LogP contribution in [0.4, 0.5) is 0 Å². The number of sulfonamides is 1. The standard InChI is InChI=1S/C12H22BrN3O2S2/c1-4-5-16(7-6-15(2)3)20(17,18)11-8-10(9-14)19-12(11)13/h8H,4-7,9,14H2,1-3H3. The van der Waals surface area contributed by atoms with E-state index in [9.17, 15) is 8.42 Å². The first kappa shape index (κ1) is 18.1. The molecule has 0 fully saturated rings. The van der Waals surface area contributed by atoms with Gasteiger partial charge >= 0.3 is 0 Å². The second-order valence-electron chi connectivity index (χ2n) is 4.76. The van der Waals surface area contributed by atoms with Crippen molar-refractivity contribution in [1.82, 2.24) is 9.21 Å². The first-order valence-electron chi connectivity index (χ1n) is 6.46. The van der Waals surface area contributed by atoms with E-state index in [0.717, 1.165) is 11.3 Å². The number of halogens is 1. The highest BCUT2D eigenvalue weighted by Gasteiger charge is 2.27. The van der Waals surface area contributed by atoms with Gasteiger partial charge in [0.05, 0.1) is 3.79 Å². The molecule has 1 aromatic rings. The summed E-state index contributed by atoms with van der Waals surface area (Å²) in [4.78, 5) is 3.17. The van der Waals surface area contributed by atoms with Crippen molar-refractivity contribution >= 4 is 37.3 Å². The van der Waals surface area contributed by atoms with Crippen molar-refractivity contribution in [2.24, 2.45) is 5.73 Å². The Morgan fingerprint density at radius 3 is 2.40 bits per heavy atom. The van der Waals surface area contributed by atoms with Gasteiger partial charge in [-0.25, -0.2) is 8.42 Å². The summed E-state index contributed by atoms with van der Waals surface area (Å²) in [7, 11) is 0.404. The number of nitrogens with two attached hydrogens (primary N) is 1. The normalized spacial score (nSPS) is 12.6. The van der Waals surface area contributed by atoms with Gasteiger partial charge < -0.3 is 10.6 Å². The van der Waals surface area contributed by atoms with Crippen LogP contribution in [0, 0.1) is 0 Å². The molecule has 0 amide bonds. The minimum Gasteiger partial charge on any atom is -0.326 e. The van der Waals surface area contributed by atoms with E-state index < -0.39 is 10.0 Å². The second kappa shape index (κ2) is 7.86. The Hall–Kier alpha value is 0.01000. The zero-order valence-electron chi connectivity index (χ0n) is 12.1. The van der Waals surface area contributed by atoms with Crippen molar-refractivity contribution in [2.45, 2.75) is 24.8 Å². The number of likely N-dealkylation sites (N-methyl/N-ethyl adjacent to an activating group) is 1. The predicted octanol–water partition coefficient (Wildman–Crippen LogP) is 1.93. The Morgan fingerprint density at radius 1 is 1.30 bits per heavy atom. The molecule has 5 nitrogen and oxygen atoms in total. The molecule has 0 bridgehead atoms. The molecular formula is C12H22BrN3O2S2. The Labute approximate surface area is 133 Å². The number of hydrogen-bond donors (Lipinski definition) is 1. The van der Waals surface area contributed by atoms with Gasteiger partial charge in [-0.2, -0.15) is 4.31 Å². The van der Waals surface area contributed by atoms with E-state index in [4.69, 9.17) is 5.73 Å². The summed E-state index contributed by atoms with van der Waals surface area (Å²) in [6.07, 6.45) is 0.790. The van der Waals surface area contributed by atoms with Crippen molar-refractivity contribution in [1.29, 1.82) is 0 Å². The Kier molecular flexibility index (Phi) is 7.10. The fraction of sp³-hybridized carbons (Fsp3) is 0.667. The van der Waals surface area contributed by atoms with Gasteiger partial charge in [0.25, 0.3) is 0 Å². The molecule has 0 spiro atoms. The van der Waals surface area contributed by atoms with Gasteiger partial charge in [-0.3, -0.25) is 0 Å². The van der Waals surface area contributed by atoms with Crippen molar-refractivity contribution < 1.29 is 8.42 Å². The summed E-state index contributed by atoms with van der Waals surface area (Å²) < 4.78 is 27.6. The largest absolute Gasteiger partial charge is 0.326 e. The molecule has 0 aromatic carbocycles. The summed E-state index contributed by atoms with van der Waals surface area (Å²) in [5.74, 6) is 0. The van der Waals surface area contributed by atoms with Crippen molar-refractivity contribution in [3.8, 4) is 0 Å². The van der Waals surface area contributed by atoms with Crippen molar-refractivity contribution in [3.63, 3.8) is 0 Å². The minimum absolute atomic E-state index is 0.329. The van der Waals surface area contributed by atoms with Gasteiger partial charge in [-0.1, -0.05) is 6.92 Å². The molecule has 0 unspecified atom stereocenters. The van der Waals surface area contributed by atoms with E-state index in [2.05, 4.69) is 15.9 Å².